The fourth-order valence-electron chi connectivity index (χ4n) is 2.20. The molecule has 0 saturated carbocycles. The quantitative estimate of drug-likeness (QED) is 0.632. The molecule has 1 heterocycles. The van der Waals surface area contributed by atoms with Gasteiger partial charge in [0.15, 0.2) is 0 Å². The highest BCUT2D eigenvalue weighted by atomic mass is 79.9. The first-order valence-electron chi connectivity index (χ1n) is 6.78. The van der Waals surface area contributed by atoms with Crippen LogP contribution in [0.1, 0.15) is 40.3 Å². The van der Waals surface area contributed by atoms with Crippen LogP contribution in [0.4, 0.5) is 0 Å². The average Bonchev–Trinajstić information content (AvgIpc) is 2.71. The summed E-state index contributed by atoms with van der Waals surface area (Å²) in [6, 6.07) is 9.01. The Kier molecular flexibility index (Phi) is 5.84. The highest BCUT2D eigenvalue weighted by molar-refractivity contribution is 9.10. The van der Waals surface area contributed by atoms with Gasteiger partial charge in [-0.2, -0.15) is 0 Å². The Balaban J connectivity index is 2.44. The zero-order valence-corrected chi connectivity index (χ0v) is 16.0. The van der Waals surface area contributed by atoms with Gasteiger partial charge in [0.2, 0.25) is 0 Å². The van der Waals surface area contributed by atoms with E-state index in [1.807, 2.05) is 11.3 Å². The van der Waals surface area contributed by atoms with E-state index in [4.69, 9.17) is 0 Å². The molecule has 0 radical (unpaired) electrons. The van der Waals surface area contributed by atoms with E-state index in [0.717, 1.165) is 13.0 Å². The van der Waals surface area contributed by atoms with Gasteiger partial charge in [-0.15, -0.1) is 11.3 Å². The van der Waals surface area contributed by atoms with Gasteiger partial charge >= 0.3 is 0 Å². The molecule has 1 atom stereocenters. The maximum Gasteiger partial charge on any atom is 0.0693 e. The molecule has 1 nitrogen and oxygen atoms in total. The maximum absolute atomic E-state index is 3.72. The summed E-state index contributed by atoms with van der Waals surface area (Å²) in [6.07, 6.45) is 1.13. The van der Waals surface area contributed by atoms with Crippen molar-refractivity contribution in [3.63, 3.8) is 0 Å². The van der Waals surface area contributed by atoms with E-state index in [-0.39, 0.29) is 6.04 Å². The van der Waals surface area contributed by atoms with Gasteiger partial charge in [0.1, 0.15) is 0 Å². The molecule has 0 fully saturated rings. The number of thiophene rings is 1. The summed E-state index contributed by atoms with van der Waals surface area (Å²) < 4.78 is 2.37. The minimum Gasteiger partial charge on any atom is -0.306 e. The maximum atomic E-state index is 3.72. The van der Waals surface area contributed by atoms with E-state index in [2.05, 4.69) is 82.2 Å². The summed E-state index contributed by atoms with van der Waals surface area (Å²) in [5.74, 6) is 0. The number of hydrogen-bond donors (Lipinski definition) is 1. The Morgan fingerprint density at radius 3 is 2.45 bits per heavy atom. The summed E-state index contributed by atoms with van der Waals surface area (Å²) in [5, 5.41) is 3.67. The van der Waals surface area contributed by atoms with E-state index >= 15 is 0 Å². The molecular weight excluding hydrogens is 398 g/mol. The van der Waals surface area contributed by atoms with Crippen molar-refractivity contribution < 1.29 is 0 Å². The second-order valence-corrected chi connectivity index (χ2v) is 7.98. The van der Waals surface area contributed by atoms with Crippen molar-refractivity contribution in [2.75, 3.05) is 6.54 Å². The normalized spacial score (nSPS) is 12.7. The second-order valence-electron chi connectivity index (χ2n) is 4.98. The van der Waals surface area contributed by atoms with E-state index in [9.17, 15) is 0 Å². The van der Waals surface area contributed by atoms with Crippen LogP contribution in [0, 0.1) is 13.8 Å². The molecule has 0 spiro atoms. The molecule has 0 aliphatic heterocycles. The zero-order chi connectivity index (χ0) is 14.7. The molecule has 0 aliphatic rings. The highest BCUT2D eigenvalue weighted by Gasteiger charge is 2.20. The Morgan fingerprint density at radius 2 is 1.90 bits per heavy atom. The van der Waals surface area contributed by atoms with Crippen LogP contribution in [-0.4, -0.2) is 6.54 Å². The van der Waals surface area contributed by atoms with Crippen LogP contribution in [0.2, 0.25) is 0 Å². The molecule has 0 bridgehead atoms. The van der Waals surface area contributed by atoms with Crippen LogP contribution in [-0.2, 0) is 0 Å². The predicted molar refractivity (Wildman–Crippen MR) is 95.8 cm³/mol. The van der Waals surface area contributed by atoms with Crippen molar-refractivity contribution in [2.45, 2.75) is 33.2 Å². The minimum atomic E-state index is 0.234. The molecule has 0 saturated heterocycles. The van der Waals surface area contributed by atoms with Gasteiger partial charge in [0.25, 0.3) is 0 Å². The van der Waals surface area contributed by atoms with Gasteiger partial charge in [0.05, 0.1) is 6.04 Å². The van der Waals surface area contributed by atoms with Gasteiger partial charge < -0.3 is 5.32 Å². The topological polar surface area (TPSA) is 12.0 Å². The summed E-state index contributed by atoms with van der Waals surface area (Å²) in [5.41, 5.74) is 2.57. The molecular formula is C16H19Br2NS. The average molecular weight is 417 g/mol. The zero-order valence-electron chi connectivity index (χ0n) is 12.0. The Labute approximate surface area is 142 Å². The Hall–Kier alpha value is -0.160. The highest BCUT2D eigenvalue weighted by Crippen LogP contribution is 2.38. The fourth-order valence-corrected chi connectivity index (χ4v) is 4.89. The second kappa shape index (κ2) is 7.21. The number of rotatable bonds is 5. The molecule has 20 heavy (non-hydrogen) atoms. The lowest BCUT2D eigenvalue weighted by Crippen LogP contribution is -2.23. The van der Waals surface area contributed by atoms with Crippen molar-refractivity contribution in [1.82, 2.24) is 5.32 Å². The number of benzene rings is 1. The summed E-state index contributed by atoms with van der Waals surface area (Å²) >= 11 is 9.27. The number of aryl methyl sites for hydroxylation is 2. The molecule has 2 rings (SSSR count). The molecule has 4 heteroatoms. The molecule has 2 aromatic rings. The summed E-state index contributed by atoms with van der Waals surface area (Å²) in [7, 11) is 0. The van der Waals surface area contributed by atoms with Crippen molar-refractivity contribution in [1.29, 1.82) is 0 Å². The van der Waals surface area contributed by atoms with E-state index in [1.54, 1.807) is 0 Å². The van der Waals surface area contributed by atoms with Crippen molar-refractivity contribution in [3.8, 4) is 0 Å². The third kappa shape index (κ3) is 3.73. The third-order valence-corrected chi connectivity index (χ3v) is 5.88. The monoisotopic (exact) mass is 415 g/mol. The van der Waals surface area contributed by atoms with Gasteiger partial charge in [-0.3, -0.25) is 0 Å². The molecule has 108 valence electrons. The van der Waals surface area contributed by atoms with Gasteiger partial charge in [-0.25, -0.2) is 0 Å². The van der Waals surface area contributed by atoms with Crippen LogP contribution in [0.3, 0.4) is 0 Å². The molecule has 1 unspecified atom stereocenters. The Bertz CT molecular complexity index is 592. The molecule has 1 aromatic heterocycles. The first kappa shape index (κ1) is 16.2. The number of halogens is 2. The molecule has 0 aliphatic carbocycles. The fraction of sp³-hybridized carbons (Fsp3) is 0.375. The van der Waals surface area contributed by atoms with E-state index in [0.29, 0.717) is 0 Å². The lowest BCUT2D eigenvalue weighted by molar-refractivity contribution is 0.602. The number of nitrogens with one attached hydrogen (secondary N) is 1. The SMILES string of the molecule is CCCNC(c1ccc(C)cc1Br)c1sc(C)cc1Br. The molecule has 1 aromatic carbocycles. The number of hydrogen-bond acceptors (Lipinski definition) is 2. The van der Waals surface area contributed by atoms with Crippen molar-refractivity contribution in [2.24, 2.45) is 0 Å². The molecule has 1 N–H and O–H groups in total. The van der Waals surface area contributed by atoms with Crippen molar-refractivity contribution >= 4 is 43.2 Å². The first-order chi connectivity index (χ1) is 9.52. The lowest BCUT2D eigenvalue weighted by atomic mass is 10.0. The van der Waals surface area contributed by atoms with Crippen molar-refractivity contribution in [3.05, 3.63) is 54.1 Å². The summed E-state index contributed by atoms with van der Waals surface area (Å²) in [4.78, 5) is 2.68. The Morgan fingerprint density at radius 1 is 1.15 bits per heavy atom. The van der Waals surface area contributed by atoms with Gasteiger partial charge in [0, 0.05) is 18.7 Å². The van der Waals surface area contributed by atoms with Gasteiger partial charge in [-0.1, -0.05) is 35.0 Å². The standard InChI is InChI=1S/C16H19Br2NS/c1-4-7-19-15(16-14(18)9-11(3)20-16)12-6-5-10(2)8-13(12)17/h5-6,8-9,15,19H,4,7H2,1-3H3. The van der Waals surface area contributed by atoms with Crippen LogP contribution < -0.4 is 5.32 Å². The van der Waals surface area contributed by atoms with Crippen LogP contribution in [0.25, 0.3) is 0 Å². The first-order valence-corrected chi connectivity index (χ1v) is 9.18. The van der Waals surface area contributed by atoms with Crippen LogP contribution >= 0.6 is 43.2 Å². The van der Waals surface area contributed by atoms with Crippen LogP contribution in [0.15, 0.2) is 33.2 Å². The van der Waals surface area contributed by atoms with Gasteiger partial charge in [-0.05, 0) is 66.0 Å². The van der Waals surface area contributed by atoms with E-state index < -0.39 is 0 Å². The molecule has 0 amide bonds. The lowest BCUT2D eigenvalue weighted by Gasteiger charge is -2.20. The predicted octanol–water partition coefficient (Wildman–Crippen LogP) is 5.98. The third-order valence-electron chi connectivity index (χ3n) is 3.16. The van der Waals surface area contributed by atoms with E-state index in [1.165, 1.54) is 29.8 Å². The smallest absolute Gasteiger partial charge is 0.0693 e. The summed E-state index contributed by atoms with van der Waals surface area (Å²) in [6.45, 7) is 7.48. The minimum absolute atomic E-state index is 0.234. The van der Waals surface area contributed by atoms with Crippen LogP contribution in [0.5, 0.6) is 0 Å². The largest absolute Gasteiger partial charge is 0.306 e.